The summed E-state index contributed by atoms with van der Waals surface area (Å²) in [5, 5.41) is 7.71. The molecule has 2 rings (SSSR count). The van der Waals surface area contributed by atoms with Gasteiger partial charge >= 0.3 is 0 Å². The van der Waals surface area contributed by atoms with Crippen LogP contribution in [-0.4, -0.2) is 19.3 Å². The Labute approximate surface area is 95.1 Å². The van der Waals surface area contributed by atoms with Gasteiger partial charge in [0, 0.05) is 19.7 Å². The normalized spacial score (nSPS) is 20.7. The third-order valence-electron chi connectivity index (χ3n) is 2.31. The van der Waals surface area contributed by atoms with Crippen LogP contribution < -0.4 is 17.7 Å². The molecular formula is C10H15ClNOS-. The third-order valence-corrected chi connectivity index (χ3v) is 3.04. The monoisotopic (exact) mass is 232 g/mol. The standard InChI is InChI=1S/C10H15NOS.ClH/c1-2-10(12-4-1)7-11-6-9-3-5-13-8-9;/h3,5,8,10-11H,1-2,4,6-7H2;1H/p-1. The van der Waals surface area contributed by atoms with Crippen molar-refractivity contribution in [3.8, 4) is 0 Å². The van der Waals surface area contributed by atoms with Crippen LogP contribution in [0.5, 0.6) is 0 Å². The topological polar surface area (TPSA) is 21.3 Å². The first kappa shape index (κ1) is 12.0. The summed E-state index contributed by atoms with van der Waals surface area (Å²) in [6.45, 7) is 2.92. The average molecular weight is 233 g/mol. The van der Waals surface area contributed by atoms with Crippen molar-refractivity contribution in [2.75, 3.05) is 13.2 Å². The zero-order valence-electron chi connectivity index (χ0n) is 8.04. The molecule has 2 nitrogen and oxygen atoms in total. The summed E-state index contributed by atoms with van der Waals surface area (Å²) in [4.78, 5) is 0. The highest BCUT2D eigenvalue weighted by Crippen LogP contribution is 2.11. The van der Waals surface area contributed by atoms with Crippen LogP contribution in [0.1, 0.15) is 18.4 Å². The molecule has 0 aromatic carbocycles. The van der Waals surface area contributed by atoms with Crippen molar-refractivity contribution in [2.45, 2.75) is 25.5 Å². The van der Waals surface area contributed by atoms with Gasteiger partial charge in [-0.15, -0.1) is 0 Å². The molecule has 1 aromatic rings. The largest absolute Gasteiger partial charge is 1.00 e. The van der Waals surface area contributed by atoms with E-state index in [1.807, 2.05) is 0 Å². The molecule has 0 bridgehead atoms. The molecule has 4 heteroatoms. The zero-order chi connectivity index (χ0) is 8.93. The first-order valence-corrected chi connectivity index (χ1v) is 5.73. The second kappa shape index (κ2) is 6.40. The van der Waals surface area contributed by atoms with Crippen LogP contribution in [0.15, 0.2) is 16.8 Å². The fraction of sp³-hybridized carbons (Fsp3) is 0.600. The molecule has 1 fully saturated rings. The minimum Gasteiger partial charge on any atom is -1.00 e. The van der Waals surface area contributed by atoms with E-state index in [0.717, 1.165) is 19.7 Å². The molecule has 0 saturated carbocycles. The van der Waals surface area contributed by atoms with E-state index in [2.05, 4.69) is 22.1 Å². The molecule has 1 saturated heterocycles. The molecule has 14 heavy (non-hydrogen) atoms. The third kappa shape index (κ3) is 3.58. The maximum Gasteiger partial charge on any atom is 0.0700 e. The Morgan fingerprint density at radius 1 is 1.57 bits per heavy atom. The lowest BCUT2D eigenvalue weighted by Gasteiger charge is -2.09. The molecule has 1 N–H and O–H groups in total. The first-order chi connectivity index (χ1) is 6.45. The van der Waals surface area contributed by atoms with Gasteiger partial charge in [-0.2, -0.15) is 11.3 Å². The fourth-order valence-corrected chi connectivity index (χ4v) is 2.24. The lowest BCUT2D eigenvalue weighted by molar-refractivity contribution is -0.00000394. The highest BCUT2D eigenvalue weighted by atomic mass is 35.5. The Kier molecular flexibility index (Phi) is 5.48. The van der Waals surface area contributed by atoms with E-state index in [9.17, 15) is 0 Å². The van der Waals surface area contributed by atoms with Crippen molar-refractivity contribution in [1.82, 2.24) is 5.32 Å². The maximum atomic E-state index is 5.51. The Hall–Kier alpha value is -0.0900. The van der Waals surface area contributed by atoms with Crippen molar-refractivity contribution >= 4 is 11.3 Å². The molecule has 1 unspecified atom stereocenters. The minimum absolute atomic E-state index is 0. The molecule has 1 aliphatic rings. The Balaban J connectivity index is 0.000000980. The van der Waals surface area contributed by atoms with Crippen LogP contribution in [-0.2, 0) is 11.3 Å². The van der Waals surface area contributed by atoms with Gasteiger partial charge in [-0.05, 0) is 35.2 Å². The molecular weight excluding hydrogens is 218 g/mol. The summed E-state index contributed by atoms with van der Waals surface area (Å²) in [5.74, 6) is 0. The number of rotatable bonds is 4. The van der Waals surface area contributed by atoms with Crippen LogP contribution in [0.2, 0.25) is 0 Å². The van der Waals surface area contributed by atoms with E-state index < -0.39 is 0 Å². The summed E-state index contributed by atoms with van der Waals surface area (Å²) in [5.41, 5.74) is 1.38. The predicted octanol–water partition coefficient (Wildman–Crippen LogP) is -0.979. The summed E-state index contributed by atoms with van der Waals surface area (Å²) in [6, 6.07) is 2.16. The number of nitrogens with one attached hydrogen (secondary N) is 1. The molecule has 0 aliphatic carbocycles. The Morgan fingerprint density at radius 2 is 2.50 bits per heavy atom. The van der Waals surface area contributed by atoms with Crippen LogP contribution in [0.3, 0.4) is 0 Å². The van der Waals surface area contributed by atoms with Crippen molar-refractivity contribution in [2.24, 2.45) is 0 Å². The van der Waals surface area contributed by atoms with E-state index >= 15 is 0 Å². The average Bonchev–Trinajstić information content (AvgIpc) is 2.75. The predicted molar refractivity (Wildman–Crippen MR) is 55.0 cm³/mol. The summed E-state index contributed by atoms with van der Waals surface area (Å²) >= 11 is 1.75. The van der Waals surface area contributed by atoms with Gasteiger partial charge in [-0.25, -0.2) is 0 Å². The molecule has 0 radical (unpaired) electrons. The van der Waals surface area contributed by atoms with E-state index in [-0.39, 0.29) is 12.4 Å². The van der Waals surface area contributed by atoms with Crippen LogP contribution in [0.25, 0.3) is 0 Å². The van der Waals surface area contributed by atoms with Crippen LogP contribution in [0, 0.1) is 0 Å². The number of ether oxygens (including phenoxy) is 1. The Bertz CT molecular complexity index is 234. The van der Waals surface area contributed by atoms with Gasteiger partial charge in [0.05, 0.1) is 6.10 Å². The quantitative estimate of drug-likeness (QED) is 0.721. The van der Waals surface area contributed by atoms with Gasteiger partial charge in [0.25, 0.3) is 0 Å². The van der Waals surface area contributed by atoms with E-state index in [0.29, 0.717) is 6.10 Å². The molecule has 2 heterocycles. The minimum atomic E-state index is 0. The Morgan fingerprint density at radius 3 is 3.14 bits per heavy atom. The summed E-state index contributed by atoms with van der Waals surface area (Å²) in [7, 11) is 0. The number of thiophene rings is 1. The van der Waals surface area contributed by atoms with Gasteiger partial charge in [0.1, 0.15) is 0 Å². The number of halogens is 1. The van der Waals surface area contributed by atoms with Crippen molar-refractivity contribution < 1.29 is 17.1 Å². The van der Waals surface area contributed by atoms with E-state index in [1.54, 1.807) is 11.3 Å². The molecule has 1 atom stereocenters. The lowest BCUT2D eigenvalue weighted by Crippen LogP contribution is -3.00. The molecule has 0 amide bonds. The summed E-state index contributed by atoms with van der Waals surface area (Å²) in [6.07, 6.45) is 2.90. The second-order valence-electron chi connectivity index (χ2n) is 3.40. The van der Waals surface area contributed by atoms with Crippen molar-refractivity contribution in [3.63, 3.8) is 0 Å². The van der Waals surface area contributed by atoms with Crippen LogP contribution in [0.4, 0.5) is 0 Å². The van der Waals surface area contributed by atoms with Gasteiger partial charge in [-0.3, -0.25) is 0 Å². The van der Waals surface area contributed by atoms with Gasteiger partial charge < -0.3 is 22.5 Å². The van der Waals surface area contributed by atoms with Crippen molar-refractivity contribution in [1.29, 1.82) is 0 Å². The molecule has 1 aliphatic heterocycles. The smallest absolute Gasteiger partial charge is 0.0700 e. The van der Waals surface area contributed by atoms with Crippen molar-refractivity contribution in [3.05, 3.63) is 22.4 Å². The summed E-state index contributed by atoms with van der Waals surface area (Å²) < 4.78 is 5.51. The SMILES string of the molecule is [Cl-].c1cc(CNCC2CCCO2)cs1. The van der Waals surface area contributed by atoms with Gasteiger partial charge in [0.15, 0.2) is 0 Å². The number of hydrogen-bond acceptors (Lipinski definition) is 3. The van der Waals surface area contributed by atoms with E-state index in [1.165, 1.54) is 18.4 Å². The fourth-order valence-electron chi connectivity index (χ4n) is 1.58. The highest BCUT2D eigenvalue weighted by molar-refractivity contribution is 7.07. The van der Waals surface area contributed by atoms with Crippen LogP contribution >= 0.6 is 11.3 Å². The lowest BCUT2D eigenvalue weighted by atomic mass is 10.2. The molecule has 1 aromatic heterocycles. The number of hydrogen-bond donors (Lipinski definition) is 1. The molecule has 80 valence electrons. The van der Waals surface area contributed by atoms with Gasteiger partial charge in [0.2, 0.25) is 0 Å². The maximum absolute atomic E-state index is 5.51. The second-order valence-corrected chi connectivity index (χ2v) is 4.18. The molecule has 0 spiro atoms. The van der Waals surface area contributed by atoms with E-state index in [4.69, 9.17) is 4.74 Å². The zero-order valence-corrected chi connectivity index (χ0v) is 9.61. The van der Waals surface area contributed by atoms with Gasteiger partial charge in [-0.1, -0.05) is 0 Å². The first-order valence-electron chi connectivity index (χ1n) is 4.78. The highest BCUT2D eigenvalue weighted by Gasteiger charge is 2.14.